The summed E-state index contributed by atoms with van der Waals surface area (Å²) in [5.74, 6) is 1.63. The molecule has 0 bridgehead atoms. The first-order chi connectivity index (χ1) is 19.0. The molecule has 4 aromatic carbocycles. The maximum absolute atomic E-state index is 9.86. The predicted octanol–water partition coefficient (Wildman–Crippen LogP) is 7.21. The zero-order valence-corrected chi connectivity index (χ0v) is 21.1. The largest absolute Gasteiger partial charge is 0.309 e. The van der Waals surface area contributed by atoms with Crippen LogP contribution in [-0.4, -0.2) is 19.5 Å². The van der Waals surface area contributed by atoms with Crippen LogP contribution >= 0.6 is 0 Å². The lowest BCUT2D eigenvalue weighted by atomic mass is 9.98. The molecule has 0 saturated heterocycles. The Hall–Kier alpha value is -5.84. The minimum absolute atomic E-state index is 0.430. The van der Waals surface area contributed by atoms with Gasteiger partial charge in [0.25, 0.3) is 0 Å². The SMILES string of the molecule is [C-]#[N+]c1ccc(-c2ccc3c4ccccc4n(-c4ccc(C#N)c(-c5nc(C)nc(C)n5)c4)c3c2)c(C#N)c1. The van der Waals surface area contributed by atoms with Crippen molar-refractivity contribution in [3.63, 3.8) is 0 Å². The monoisotopic (exact) mass is 501 g/mol. The minimum Gasteiger partial charge on any atom is -0.309 e. The van der Waals surface area contributed by atoms with Crippen molar-refractivity contribution in [1.29, 1.82) is 10.5 Å². The van der Waals surface area contributed by atoms with Crippen LogP contribution in [0.3, 0.4) is 0 Å². The van der Waals surface area contributed by atoms with Gasteiger partial charge in [0.1, 0.15) is 11.6 Å². The van der Waals surface area contributed by atoms with Crippen molar-refractivity contribution in [3.8, 4) is 40.3 Å². The van der Waals surface area contributed by atoms with Crippen molar-refractivity contribution < 1.29 is 0 Å². The molecule has 6 rings (SSSR count). The molecular weight excluding hydrogens is 482 g/mol. The van der Waals surface area contributed by atoms with Gasteiger partial charge in [0, 0.05) is 27.6 Å². The average molecular weight is 502 g/mol. The molecule has 0 radical (unpaired) electrons. The molecule has 0 aliphatic heterocycles. The van der Waals surface area contributed by atoms with E-state index in [1.165, 1.54) is 0 Å². The van der Waals surface area contributed by atoms with Gasteiger partial charge in [-0.15, -0.1) is 0 Å². The van der Waals surface area contributed by atoms with E-state index in [0.717, 1.165) is 38.6 Å². The molecule has 0 unspecified atom stereocenters. The van der Waals surface area contributed by atoms with Crippen LogP contribution in [0, 0.1) is 43.1 Å². The second kappa shape index (κ2) is 9.23. The minimum atomic E-state index is 0.430. The van der Waals surface area contributed by atoms with Gasteiger partial charge in [-0.2, -0.15) is 10.5 Å². The topological polar surface area (TPSA) is 95.5 Å². The summed E-state index contributed by atoms with van der Waals surface area (Å²) < 4.78 is 2.15. The van der Waals surface area contributed by atoms with E-state index in [-0.39, 0.29) is 0 Å². The lowest BCUT2D eigenvalue weighted by Gasteiger charge is -2.12. The highest BCUT2D eigenvalue weighted by Gasteiger charge is 2.17. The van der Waals surface area contributed by atoms with E-state index in [2.05, 4.69) is 60.8 Å². The van der Waals surface area contributed by atoms with Crippen molar-refractivity contribution in [3.05, 3.63) is 113 Å². The highest BCUT2D eigenvalue weighted by Crippen LogP contribution is 2.37. The third kappa shape index (κ3) is 3.94. The Morgan fingerprint density at radius 2 is 1.46 bits per heavy atom. The van der Waals surface area contributed by atoms with E-state index in [1.807, 2.05) is 50.2 Å². The van der Waals surface area contributed by atoms with Crippen LogP contribution in [0.5, 0.6) is 0 Å². The Morgan fingerprint density at radius 1 is 0.718 bits per heavy atom. The standard InChI is InChI=1S/C32H19N7/c1-19-36-20(2)38-32(37-19)29-16-25(11-8-22(29)17-33)39-30-7-5-4-6-27(30)28-12-9-21(15-31(28)39)26-13-10-24(35-3)14-23(26)18-34/h4-16H,1-2H3. The van der Waals surface area contributed by atoms with Gasteiger partial charge < -0.3 is 4.57 Å². The zero-order valence-electron chi connectivity index (χ0n) is 21.1. The molecule has 2 aromatic heterocycles. The molecule has 7 nitrogen and oxygen atoms in total. The molecule has 0 aliphatic rings. The van der Waals surface area contributed by atoms with Crippen LogP contribution < -0.4 is 0 Å². The zero-order chi connectivity index (χ0) is 27.1. The van der Waals surface area contributed by atoms with Gasteiger partial charge in [-0.05, 0) is 61.4 Å². The van der Waals surface area contributed by atoms with Crippen LogP contribution in [0.25, 0.3) is 54.9 Å². The summed E-state index contributed by atoms with van der Waals surface area (Å²) >= 11 is 0. The number of nitrogens with zero attached hydrogens (tertiary/aromatic N) is 7. The number of hydrogen-bond donors (Lipinski definition) is 0. The number of aryl methyl sites for hydroxylation is 2. The molecule has 0 aliphatic carbocycles. The average Bonchev–Trinajstić information content (AvgIpc) is 3.29. The smallest absolute Gasteiger partial charge is 0.188 e. The van der Waals surface area contributed by atoms with E-state index in [9.17, 15) is 10.5 Å². The van der Waals surface area contributed by atoms with Gasteiger partial charge >= 0.3 is 0 Å². The molecule has 2 heterocycles. The fraction of sp³-hybridized carbons (Fsp3) is 0.0625. The van der Waals surface area contributed by atoms with Gasteiger partial charge in [-0.1, -0.05) is 42.5 Å². The highest BCUT2D eigenvalue weighted by atomic mass is 15.0. The number of para-hydroxylation sites is 1. The first-order valence-corrected chi connectivity index (χ1v) is 12.2. The summed E-state index contributed by atoms with van der Waals surface area (Å²) in [5, 5.41) is 21.8. The van der Waals surface area contributed by atoms with Crippen LogP contribution in [0.4, 0.5) is 5.69 Å². The van der Waals surface area contributed by atoms with Gasteiger partial charge in [-0.3, -0.25) is 0 Å². The van der Waals surface area contributed by atoms with E-state index in [1.54, 1.807) is 18.2 Å². The molecule has 7 heteroatoms. The quantitative estimate of drug-likeness (QED) is 0.239. The van der Waals surface area contributed by atoms with Gasteiger partial charge in [0.2, 0.25) is 0 Å². The third-order valence-corrected chi connectivity index (χ3v) is 6.72. The lowest BCUT2D eigenvalue weighted by molar-refractivity contribution is 0.927. The summed E-state index contributed by atoms with van der Waals surface area (Å²) in [6, 6.07) is 29.6. The first kappa shape index (κ1) is 23.6. The summed E-state index contributed by atoms with van der Waals surface area (Å²) in [4.78, 5) is 16.8. The van der Waals surface area contributed by atoms with Gasteiger partial charge in [-0.25, -0.2) is 19.8 Å². The van der Waals surface area contributed by atoms with Crippen molar-refractivity contribution in [2.45, 2.75) is 13.8 Å². The second-order valence-electron chi connectivity index (χ2n) is 9.13. The molecule has 0 amide bonds. The Balaban J connectivity index is 1.64. The van der Waals surface area contributed by atoms with Gasteiger partial charge in [0.15, 0.2) is 11.5 Å². The van der Waals surface area contributed by atoms with E-state index in [0.29, 0.717) is 39.9 Å². The van der Waals surface area contributed by atoms with Crippen molar-refractivity contribution >= 4 is 27.5 Å². The Kier molecular flexibility index (Phi) is 5.57. The second-order valence-corrected chi connectivity index (χ2v) is 9.13. The molecule has 0 spiro atoms. The van der Waals surface area contributed by atoms with Crippen LogP contribution in [-0.2, 0) is 0 Å². The normalized spacial score (nSPS) is 10.7. The number of nitriles is 2. The summed E-state index contributed by atoms with van der Waals surface area (Å²) in [6.07, 6.45) is 0. The molecule has 6 aromatic rings. The van der Waals surface area contributed by atoms with Crippen molar-refractivity contribution in [2.75, 3.05) is 0 Å². The van der Waals surface area contributed by atoms with Crippen molar-refractivity contribution in [1.82, 2.24) is 19.5 Å². The maximum atomic E-state index is 9.86. The molecular formula is C32H19N7. The maximum Gasteiger partial charge on any atom is 0.188 e. The lowest BCUT2D eigenvalue weighted by Crippen LogP contribution is -2.02. The summed E-state index contributed by atoms with van der Waals surface area (Å²) in [5.41, 5.74) is 6.43. The molecule has 0 atom stereocenters. The van der Waals surface area contributed by atoms with E-state index in [4.69, 9.17) is 6.57 Å². The summed E-state index contributed by atoms with van der Waals surface area (Å²) in [6.45, 7) is 10.9. The van der Waals surface area contributed by atoms with Gasteiger partial charge in [0.05, 0.1) is 35.3 Å². The first-order valence-electron chi connectivity index (χ1n) is 12.2. The summed E-state index contributed by atoms with van der Waals surface area (Å²) in [7, 11) is 0. The molecule has 0 fully saturated rings. The molecule has 182 valence electrons. The van der Waals surface area contributed by atoms with Crippen LogP contribution in [0.2, 0.25) is 0 Å². The Labute approximate surface area is 224 Å². The van der Waals surface area contributed by atoms with Crippen molar-refractivity contribution in [2.24, 2.45) is 0 Å². The molecule has 0 saturated carbocycles. The third-order valence-electron chi connectivity index (χ3n) is 6.72. The predicted molar refractivity (Wildman–Crippen MR) is 150 cm³/mol. The van der Waals surface area contributed by atoms with Crippen LogP contribution in [0.15, 0.2) is 78.9 Å². The number of benzene rings is 4. The number of rotatable bonds is 3. The Bertz CT molecular complexity index is 2060. The van der Waals surface area contributed by atoms with E-state index < -0.39 is 0 Å². The number of hydrogen-bond acceptors (Lipinski definition) is 5. The highest BCUT2D eigenvalue weighted by molar-refractivity contribution is 6.10. The molecule has 39 heavy (non-hydrogen) atoms. The number of fused-ring (bicyclic) bond motifs is 3. The fourth-order valence-corrected chi connectivity index (χ4v) is 5.05. The van der Waals surface area contributed by atoms with Crippen LogP contribution in [0.1, 0.15) is 22.8 Å². The fourth-order valence-electron chi connectivity index (χ4n) is 5.05. The molecule has 0 N–H and O–H groups in total. The van der Waals surface area contributed by atoms with E-state index >= 15 is 0 Å². The Morgan fingerprint density at radius 3 is 2.21 bits per heavy atom. The number of aromatic nitrogens is 4.